The van der Waals surface area contributed by atoms with E-state index >= 15 is 0 Å². The summed E-state index contributed by atoms with van der Waals surface area (Å²) >= 11 is 0. The Labute approximate surface area is 102 Å². The van der Waals surface area contributed by atoms with Gasteiger partial charge in [0.25, 0.3) is 0 Å². The minimum atomic E-state index is -1.29. The summed E-state index contributed by atoms with van der Waals surface area (Å²) in [6.07, 6.45) is -0.297. The molecule has 0 aliphatic rings. The highest BCUT2D eigenvalue weighted by atomic mass is 19.1. The number of ether oxygens (including phenoxy) is 2. The summed E-state index contributed by atoms with van der Waals surface area (Å²) in [7, 11) is 2.30. The van der Waals surface area contributed by atoms with Crippen molar-refractivity contribution < 1.29 is 28.2 Å². The van der Waals surface area contributed by atoms with Gasteiger partial charge in [-0.2, -0.15) is 4.39 Å². The molecule has 1 aromatic rings. The van der Waals surface area contributed by atoms with Crippen LogP contribution in [0.2, 0.25) is 0 Å². The molecule has 1 unspecified atom stereocenters. The van der Waals surface area contributed by atoms with Crippen molar-refractivity contribution in [1.82, 2.24) is 0 Å². The van der Waals surface area contributed by atoms with Gasteiger partial charge in [-0.1, -0.05) is 0 Å². The molecule has 7 heteroatoms. The number of nitrogens with two attached hydrogens (primary N) is 1. The highest BCUT2D eigenvalue weighted by Gasteiger charge is 2.23. The topological polar surface area (TPSA) is 81.8 Å². The molecule has 0 aliphatic heterocycles. The van der Waals surface area contributed by atoms with Crippen LogP contribution in [0, 0.1) is 11.6 Å². The van der Waals surface area contributed by atoms with Gasteiger partial charge in [0, 0.05) is 6.42 Å². The summed E-state index contributed by atoms with van der Waals surface area (Å²) < 4.78 is 36.7. The second-order valence-corrected chi connectivity index (χ2v) is 3.55. The van der Waals surface area contributed by atoms with Gasteiger partial charge in [-0.05, 0) is 11.6 Å². The molecular formula is C11H13F2NO4. The lowest BCUT2D eigenvalue weighted by Gasteiger charge is -2.13. The molecule has 5 nitrogen and oxygen atoms in total. The van der Waals surface area contributed by atoms with Crippen LogP contribution in [-0.2, 0) is 11.2 Å². The van der Waals surface area contributed by atoms with Crippen molar-refractivity contribution >= 4 is 5.97 Å². The first-order valence-corrected chi connectivity index (χ1v) is 4.99. The molecule has 0 spiro atoms. The summed E-state index contributed by atoms with van der Waals surface area (Å²) in [5.41, 5.74) is 5.21. The van der Waals surface area contributed by atoms with Crippen molar-refractivity contribution in [3.05, 3.63) is 23.3 Å². The van der Waals surface area contributed by atoms with Gasteiger partial charge in [0.15, 0.2) is 17.3 Å². The predicted octanol–water partition coefficient (Wildman–Crippen LogP) is 0.936. The summed E-state index contributed by atoms with van der Waals surface area (Å²) in [6, 6.07) is -0.227. The SMILES string of the molecule is COc1cc(CC(N)C(=O)O)c(F)c(OC)c1F. The Morgan fingerprint density at radius 3 is 2.44 bits per heavy atom. The molecule has 1 atom stereocenters. The number of hydrogen-bond donors (Lipinski definition) is 2. The molecule has 0 fully saturated rings. The Kier molecular flexibility index (Phi) is 4.43. The molecule has 1 aromatic carbocycles. The van der Waals surface area contributed by atoms with Crippen molar-refractivity contribution in [2.45, 2.75) is 12.5 Å². The fourth-order valence-corrected chi connectivity index (χ4v) is 1.44. The number of benzene rings is 1. The summed E-state index contributed by atoms with van der Waals surface area (Å²) in [6.45, 7) is 0. The molecule has 18 heavy (non-hydrogen) atoms. The molecule has 3 N–H and O–H groups in total. The molecule has 0 saturated heterocycles. The van der Waals surface area contributed by atoms with Crippen LogP contribution in [0.4, 0.5) is 8.78 Å². The number of hydrogen-bond acceptors (Lipinski definition) is 4. The molecule has 0 saturated carbocycles. The molecule has 0 radical (unpaired) electrons. The quantitative estimate of drug-likeness (QED) is 0.824. The van der Waals surface area contributed by atoms with Gasteiger partial charge in [-0.3, -0.25) is 4.79 Å². The Balaban J connectivity index is 3.23. The third kappa shape index (κ3) is 2.67. The van der Waals surface area contributed by atoms with Crippen molar-refractivity contribution in [3.8, 4) is 11.5 Å². The van der Waals surface area contributed by atoms with Gasteiger partial charge in [0.2, 0.25) is 5.82 Å². The summed E-state index contributed by atoms with van der Waals surface area (Å²) in [5.74, 6) is -4.10. The van der Waals surface area contributed by atoms with Crippen LogP contribution in [0.1, 0.15) is 5.56 Å². The average Bonchev–Trinajstić information content (AvgIpc) is 2.33. The van der Waals surface area contributed by atoms with E-state index in [1.54, 1.807) is 0 Å². The zero-order valence-electron chi connectivity index (χ0n) is 9.87. The average molecular weight is 261 g/mol. The molecule has 0 heterocycles. The van der Waals surface area contributed by atoms with Crippen LogP contribution in [0.25, 0.3) is 0 Å². The van der Waals surface area contributed by atoms with Gasteiger partial charge >= 0.3 is 5.97 Å². The summed E-state index contributed by atoms with van der Waals surface area (Å²) in [5, 5.41) is 8.66. The lowest BCUT2D eigenvalue weighted by atomic mass is 10.0. The number of halogens is 2. The first kappa shape index (κ1) is 14.2. The van der Waals surface area contributed by atoms with Gasteiger partial charge in [-0.25, -0.2) is 4.39 Å². The maximum atomic E-state index is 13.8. The number of carboxylic acid groups (broad SMARTS) is 1. The van der Waals surface area contributed by atoms with Crippen LogP contribution in [0.5, 0.6) is 11.5 Å². The van der Waals surface area contributed by atoms with E-state index in [-0.39, 0.29) is 17.7 Å². The molecule has 0 bridgehead atoms. The van der Waals surface area contributed by atoms with Crippen LogP contribution >= 0.6 is 0 Å². The molecule has 0 aliphatic carbocycles. The maximum Gasteiger partial charge on any atom is 0.320 e. The van der Waals surface area contributed by atoms with E-state index in [1.807, 2.05) is 0 Å². The summed E-state index contributed by atoms with van der Waals surface area (Å²) in [4.78, 5) is 10.6. The zero-order chi connectivity index (χ0) is 13.9. The fourth-order valence-electron chi connectivity index (χ4n) is 1.44. The largest absolute Gasteiger partial charge is 0.494 e. The fraction of sp³-hybridized carbons (Fsp3) is 0.364. The van der Waals surface area contributed by atoms with Gasteiger partial charge < -0.3 is 20.3 Å². The number of methoxy groups -OCH3 is 2. The van der Waals surface area contributed by atoms with Gasteiger partial charge in [-0.15, -0.1) is 0 Å². The van der Waals surface area contributed by atoms with E-state index in [4.69, 9.17) is 15.6 Å². The van der Waals surface area contributed by atoms with E-state index in [9.17, 15) is 13.6 Å². The van der Waals surface area contributed by atoms with Crippen LogP contribution < -0.4 is 15.2 Å². The molecule has 1 rings (SSSR count). The second-order valence-electron chi connectivity index (χ2n) is 3.55. The number of rotatable bonds is 5. The van der Waals surface area contributed by atoms with Crippen molar-refractivity contribution in [2.24, 2.45) is 5.73 Å². The van der Waals surface area contributed by atoms with E-state index in [0.717, 1.165) is 13.2 Å². The standard InChI is InChI=1S/C11H13F2NO4/c1-17-7-4-5(3-6(14)11(15)16)8(12)10(18-2)9(7)13/h4,6H,3,14H2,1-2H3,(H,15,16). The van der Waals surface area contributed by atoms with Crippen LogP contribution in [0.15, 0.2) is 6.07 Å². The van der Waals surface area contributed by atoms with Gasteiger partial charge in [0.1, 0.15) is 6.04 Å². The first-order chi connectivity index (χ1) is 8.42. The normalized spacial score (nSPS) is 12.1. The highest BCUT2D eigenvalue weighted by molar-refractivity contribution is 5.73. The lowest BCUT2D eigenvalue weighted by molar-refractivity contribution is -0.138. The molecule has 0 aromatic heterocycles. The third-order valence-corrected chi connectivity index (χ3v) is 2.38. The number of carboxylic acids is 1. The third-order valence-electron chi connectivity index (χ3n) is 2.38. The Bertz CT molecular complexity index is 465. The van der Waals surface area contributed by atoms with Crippen LogP contribution in [0.3, 0.4) is 0 Å². The van der Waals surface area contributed by atoms with Crippen molar-refractivity contribution in [2.75, 3.05) is 14.2 Å². The highest BCUT2D eigenvalue weighted by Crippen LogP contribution is 2.32. The van der Waals surface area contributed by atoms with Gasteiger partial charge in [0.05, 0.1) is 14.2 Å². The minimum absolute atomic E-state index is 0.0833. The molecule has 0 amide bonds. The monoisotopic (exact) mass is 261 g/mol. The number of aliphatic carboxylic acids is 1. The zero-order valence-corrected chi connectivity index (χ0v) is 9.87. The van der Waals surface area contributed by atoms with Crippen molar-refractivity contribution in [1.29, 1.82) is 0 Å². The number of carbonyl (C=O) groups is 1. The van der Waals surface area contributed by atoms with Crippen molar-refractivity contribution in [3.63, 3.8) is 0 Å². The maximum absolute atomic E-state index is 13.8. The predicted molar refractivity (Wildman–Crippen MR) is 58.8 cm³/mol. The Hall–Kier alpha value is -1.89. The Morgan fingerprint density at radius 1 is 1.39 bits per heavy atom. The van der Waals surface area contributed by atoms with E-state index in [0.29, 0.717) is 0 Å². The van der Waals surface area contributed by atoms with Crippen LogP contribution in [-0.4, -0.2) is 31.3 Å². The molecular weight excluding hydrogens is 248 g/mol. The molecule has 100 valence electrons. The van der Waals surface area contributed by atoms with E-state index in [2.05, 4.69) is 4.74 Å². The van der Waals surface area contributed by atoms with E-state index < -0.39 is 29.4 Å². The second kappa shape index (κ2) is 5.63. The minimum Gasteiger partial charge on any atom is -0.494 e. The first-order valence-electron chi connectivity index (χ1n) is 4.99. The lowest BCUT2D eigenvalue weighted by Crippen LogP contribution is -2.32. The smallest absolute Gasteiger partial charge is 0.320 e. The Morgan fingerprint density at radius 2 is 2.00 bits per heavy atom. The van der Waals surface area contributed by atoms with E-state index in [1.165, 1.54) is 7.11 Å².